The van der Waals surface area contributed by atoms with Gasteiger partial charge in [-0.3, -0.25) is 14.4 Å². The Kier molecular flexibility index (Phi) is 4.18. The van der Waals surface area contributed by atoms with Crippen molar-refractivity contribution in [2.45, 2.75) is 19.8 Å². The van der Waals surface area contributed by atoms with E-state index in [1.54, 1.807) is 42.5 Å². The summed E-state index contributed by atoms with van der Waals surface area (Å²) in [5, 5.41) is 0. The second-order valence-corrected chi connectivity index (χ2v) is 7.25. The molecule has 3 amide bonds. The van der Waals surface area contributed by atoms with E-state index < -0.39 is 5.91 Å². The van der Waals surface area contributed by atoms with Crippen molar-refractivity contribution >= 4 is 29.1 Å². The van der Waals surface area contributed by atoms with Gasteiger partial charge in [-0.15, -0.1) is 0 Å². The fraction of sp³-hybridized carbons (Fsp3) is 0.286. The molecule has 1 unspecified atom stereocenters. The van der Waals surface area contributed by atoms with Crippen LogP contribution in [0.3, 0.4) is 0 Å². The molecule has 2 heterocycles. The maximum atomic E-state index is 13.0. The van der Waals surface area contributed by atoms with Crippen LogP contribution in [0.2, 0.25) is 0 Å². The summed E-state index contributed by atoms with van der Waals surface area (Å²) in [4.78, 5) is 41.0. The first-order valence-corrected chi connectivity index (χ1v) is 9.14. The first-order valence-electron chi connectivity index (χ1n) is 9.14. The van der Waals surface area contributed by atoms with Crippen LogP contribution in [0, 0.1) is 5.92 Å². The molecule has 0 bridgehead atoms. The van der Waals surface area contributed by atoms with E-state index in [9.17, 15) is 14.4 Å². The van der Waals surface area contributed by atoms with Crippen molar-refractivity contribution in [3.05, 3.63) is 59.2 Å². The highest BCUT2D eigenvalue weighted by Crippen LogP contribution is 2.37. The Balaban J connectivity index is 1.83. The first-order chi connectivity index (χ1) is 13.0. The van der Waals surface area contributed by atoms with Gasteiger partial charge in [-0.2, -0.15) is 0 Å². The van der Waals surface area contributed by atoms with Gasteiger partial charge in [0.25, 0.3) is 11.8 Å². The quantitative estimate of drug-likeness (QED) is 0.850. The van der Waals surface area contributed by atoms with E-state index in [0.717, 1.165) is 31.6 Å². The number of piperidine rings is 1. The minimum absolute atomic E-state index is 0.273. The number of anilines is 2. The van der Waals surface area contributed by atoms with E-state index in [0.29, 0.717) is 22.7 Å². The molecule has 138 valence electrons. The Hall–Kier alpha value is -3.15. The standard InChI is InChI=1S/C21H21N3O3/c1-13-5-4-10-23(12-13)17-9-8-14(19(22)25)11-18(17)24-20(26)15-6-2-3-7-16(15)21(24)27/h2-3,6-9,11,13H,4-5,10,12H2,1H3,(H2,22,25). The summed E-state index contributed by atoms with van der Waals surface area (Å²) < 4.78 is 0. The maximum absolute atomic E-state index is 13.0. The zero-order chi connectivity index (χ0) is 19.1. The van der Waals surface area contributed by atoms with E-state index in [1.165, 1.54) is 4.90 Å². The van der Waals surface area contributed by atoms with E-state index >= 15 is 0 Å². The van der Waals surface area contributed by atoms with Gasteiger partial charge in [0.1, 0.15) is 0 Å². The van der Waals surface area contributed by atoms with Crippen molar-refractivity contribution in [1.29, 1.82) is 0 Å². The lowest BCUT2D eigenvalue weighted by Gasteiger charge is -2.35. The van der Waals surface area contributed by atoms with Crippen molar-refractivity contribution in [2.24, 2.45) is 11.7 Å². The molecule has 2 aromatic rings. The van der Waals surface area contributed by atoms with Crippen LogP contribution in [0.25, 0.3) is 0 Å². The van der Waals surface area contributed by atoms with Gasteiger partial charge in [0.05, 0.1) is 22.5 Å². The fourth-order valence-corrected chi connectivity index (χ4v) is 3.94. The zero-order valence-corrected chi connectivity index (χ0v) is 15.1. The number of amides is 3. The number of hydrogen-bond donors (Lipinski definition) is 1. The number of carbonyl (C=O) groups excluding carboxylic acids is 3. The highest BCUT2D eigenvalue weighted by molar-refractivity contribution is 6.35. The van der Waals surface area contributed by atoms with Crippen molar-refractivity contribution in [2.75, 3.05) is 22.9 Å². The lowest BCUT2D eigenvalue weighted by Crippen LogP contribution is -2.37. The molecule has 0 saturated carbocycles. The van der Waals surface area contributed by atoms with Crippen molar-refractivity contribution in [3.8, 4) is 0 Å². The summed E-state index contributed by atoms with van der Waals surface area (Å²) in [5.74, 6) is -0.817. The number of primary amides is 1. The van der Waals surface area contributed by atoms with E-state index in [1.807, 2.05) is 0 Å². The van der Waals surface area contributed by atoms with Crippen molar-refractivity contribution in [1.82, 2.24) is 0 Å². The predicted octanol–water partition coefficient (Wildman–Crippen LogP) is 2.82. The lowest BCUT2D eigenvalue weighted by molar-refractivity contribution is 0.0923. The number of nitrogens with zero attached hydrogens (tertiary/aromatic N) is 2. The van der Waals surface area contributed by atoms with E-state index in [4.69, 9.17) is 5.73 Å². The Morgan fingerprint density at radius 3 is 2.30 bits per heavy atom. The normalized spacial score (nSPS) is 19.4. The number of hydrogen-bond acceptors (Lipinski definition) is 4. The third-order valence-electron chi connectivity index (χ3n) is 5.29. The maximum Gasteiger partial charge on any atom is 0.266 e. The molecule has 0 spiro atoms. The number of carbonyl (C=O) groups is 3. The molecule has 2 aliphatic heterocycles. The zero-order valence-electron chi connectivity index (χ0n) is 15.1. The van der Waals surface area contributed by atoms with Gasteiger partial charge in [0.15, 0.2) is 0 Å². The molecule has 0 radical (unpaired) electrons. The lowest BCUT2D eigenvalue weighted by atomic mass is 9.99. The number of benzene rings is 2. The Morgan fingerprint density at radius 1 is 1.04 bits per heavy atom. The van der Waals surface area contributed by atoms with E-state index in [2.05, 4.69) is 11.8 Å². The van der Waals surface area contributed by atoms with Gasteiger partial charge in [0, 0.05) is 18.7 Å². The minimum atomic E-state index is -0.591. The van der Waals surface area contributed by atoms with Crippen LogP contribution < -0.4 is 15.5 Å². The Bertz CT molecular complexity index is 918. The van der Waals surface area contributed by atoms with Gasteiger partial charge >= 0.3 is 0 Å². The Morgan fingerprint density at radius 2 is 1.70 bits per heavy atom. The second-order valence-electron chi connectivity index (χ2n) is 7.25. The van der Waals surface area contributed by atoms with E-state index in [-0.39, 0.29) is 17.4 Å². The molecule has 2 aliphatic rings. The van der Waals surface area contributed by atoms with Crippen LogP contribution in [0.15, 0.2) is 42.5 Å². The molecule has 2 aromatic carbocycles. The molecule has 2 N–H and O–H groups in total. The van der Waals surface area contributed by atoms with Gasteiger partial charge in [-0.1, -0.05) is 19.1 Å². The fourth-order valence-electron chi connectivity index (χ4n) is 3.94. The third-order valence-corrected chi connectivity index (χ3v) is 5.29. The average molecular weight is 363 g/mol. The van der Waals surface area contributed by atoms with Crippen LogP contribution in [-0.4, -0.2) is 30.8 Å². The molecular weight excluding hydrogens is 342 g/mol. The molecule has 1 atom stereocenters. The van der Waals surface area contributed by atoms with Crippen LogP contribution >= 0.6 is 0 Å². The van der Waals surface area contributed by atoms with Crippen LogP contribution in [0.1, 0.15) is 50.8 Å². The SMILES string of the molecule is CC1CCCN(c2ccc(C(N)=O)cc2N2C(=O)c3ccccc3C2=O)C1. The largest absolute Gasteiger partial charge is 0.370 e. The topological polar surface area (TPSA) is 83.7 Å². The molecule has 27 heavy (non-hydrogen) atoms. The number of imide groups is 1. The minimum Gasteiger partial charge on any atom is -0.370 e. The van der Waals surface area contributed by atoms with Gasteiger partial charge < -0.3 is 10.6 Å². The number of fused-ring (bicyclic) bond motifs is 1. The summed E-state index contributed by atoms with van der Waals surface area (Å²) >= 11 is 0. The molecule has 1 fully saturated rings. The highest BCUT2D eigenvalue weighted by atomic mass is 16.2. The smallest absolute Gasteiger partial charge is 0.266 e. The molecule has 6 heteroatoms. The van der Waals surface area contributed by atoms with Gasteiger partial charge in [-0.05, 0) is 49.1 Å². The summed E-state index contributed by atoms with van der Waals surface area (Å²) in [6.07, 6.45) is 2.19. The molecule has 0 aliphatic carbocycles. The highest BCUT2D eigenvalue weighted by Gasteiger charge is 2.38. The Labute approximate surface area is 157 Å². The molecular formula is C21H21N3O3. The summed E-state index contributed by atoms with van der Waals surface area (Å²) in [6, 6.07) is 11.8. The van der Waals surface area contributed by atoms with Crippen LogP contribution in [0.4, 0.5) is 11.4 Å². The predicted molar refractivity (Wildman–Crippen MR) is 103 cm³/mol. The average Bonchev–Trinajstić information content (AvgIpc) is 2.92. The van der Waals surface area contributed by atoms with Crippen molar-refractivity contribution in [3.63, 3.8) is 0 Å². The molecule has 6 nitrogen and oxygen atoms in total. The first kappa shape index (κ1) is 17.3. The number of rotatable bonds is 3. The molecule has 4 rings (SSSR count). The van der Waals surface area contributed by atoms with Crippen LogP contribution in [-0.2, 0) is 0 Å². The number of nitrogens with two attached hydrogens (primary N) is 1. The summed E-state index contributed by atoms with van der Waals surface area (Å²) in [6.45, 7) is 3.87. The van der Waals surface area contributed by atoms with Gasteiger partial charge in [0.2, 0.25) is 5.91 Å². The van der Waals surface area contributed by atoms with Gasteiger partial charge in [-0.25, -0.2) is 4.90 Å². The van der Waals surface area contributed by atoms with Crippen LogP contribution in [0.5, 0.6) is 0 Å². The molecule has 0 aromatic heterocycles. The summed E-state index contributed by atoms with van der Waals surface area (Å²) in [5.41, 5.74) is 7.68. The van der Waals surface area contributed by atoms with Crippen molar-refractivity contribution < 1.29 is 14.4 Å². The monoisotopic (exact) mass is 363 g/mol. The third kappa shape index (κ3) is 2.87. The molecule has 1 saturated heterocycles. The summed E-state index contributed by atoms with van der Waals surface area (Å²) in [7, 11) is 0. The second kappa shape index (κ2) is 6.54.